The number of ether oxygens (including phenoxy) is 3. The lowest BCUT2D eigenvalue weighted by Crippen LogP contribution is -2.14. The fraction of sp³-hybridized carbons (Fsp3) is 0.222. The van der Waals surface area contributed by atoms with Crippen molar-refractivity contribution < 1.29 is 23.8 Å². The molecule has 0 amide bonds. The van der Waals surface area contributed by atoms with Crippen molar-refractivity contribution in [3.05, 3.63) is 53.1 Å². The maximum Gasteiger partial charge on any atom is 0.311 e. The molecule has 2 aromatic rings. The molecule has 2 rings (SSSR count). The van der Waals surface area contributed by atoms with Gasteiger partial charge in [0.25, 0.3) is 0 Å². The van der Waals surface area contributed by atoms with Crippen LogP contribution in [0.2, 0.25) is 5.02 Å². The number of benzene rings is 2. The predicted octanol–water partition coefficient (Wildman–Crippen LogP) is 3.95. The summed E-state index contributed by atoms with van der Waals surface area (Å²) in [5, 5.41) is 0.594. The number of rotatable bonds is 6. The number of esters is 2. The van der Waals surface area contributed by atoms with Gasteiger partial charge < -0.3 is 14.2 Å². The Balaban J connectivity index is 1.82. The first-order chi connectivity index (χ1) is 11.5. The van der Waals surface area contributed by atoms with Gasteiger partial charge >= 0.3 is 11.9 Å². The minimum absolute atomic E-state index is 0.0789. The summed E-state index contributed by atoms with van der Waals surface area (Å²) in [7, 11) is 1.52. The van der Waals surface area contributed by atoms with Gasteiger partial charge in [0.05, 0.1) is 20.0 Å². The van der Waals surface area contributed by atoms with Gasteiger partial charge in [-0.25, -0.2) is 0 Å². The van der Waals surface area contributed by atoms with Crippen LogP contribution >= 0.6 is 11.6 Å². The minimum atomic E-state index is -0.521. The summed E-state index contributed by atoms with van der Waals surface area (Å²) < 4.78 is 15.4. The third-order valence-electron chi connectivity index (χ3n) is 3.17. The molecule has 0 radical (unpaired) electrons. The number of hydrogen-bond acceptors (Lipinski definition) is 5. The van der Waals surface area contributed by atoms with E-state index in [1.54, 1.807) is 42.5 Å². The van der Waals surface area contributed by atoms with Crippen LogP contribution in [0.1, 0.15) is 18.4 Å². The van der Waals surface area contributed by atoms with Crippen molar-refractivity contribution in [2.45, 2.75) is 19.8 Å². The molecule has 0 aliphatic rings. The van der Waals surface area contributed by atoms with Gasteiger partial charge in [-0.05, 0) is 42.8 Å². The minimum Gasteiger partial charge on any atom is -0.497 e. The van der Waals surface area contributed by atoms with Crippen molar-refractivity contribution in [1.82, 2.24) is 0 Å². The number of halogens is 1. The van der Waals surface area contributed by atoms with Crippen LogP contribution < -0.4 is 14.2 Å². The zero-order valence-electron chi connectivity index (χ0n) is 13.4. The quantitative estimate of drug-likeness (QED) is 0.584. The monoisotopic (exact) mass is 348 g/mol. The Morgan fingerprint density at radius 2 is 1.50 bits per heavy atom. The Kier molecular flexibility index (Phi) is 6.21. The lowest BCUT2D eigenvalue weighted by Gasteiger charge is -2.07. The Labute approximate surface area is 145 Å². The molecule has 0 atom stereocenters. The molecule has 0 unspecified atom stereocenters. The average Bonchev–Trinajstić information content (AvgIpc) is 2.56. The lowest BCUT2D eigenvalue weighted by atomic mass is 10.2. The lowest BCUT2D eigenvalue weighted by molar-refractivity contribution is -0.140. The van der Waals surface area contributed by atoms with Gasteiger partial charge in [0.15, 0.2) is 0 Å². The van der Waals surface area contributed by atoms with Crippen LogP contribution in [0.15, 0.2) is 42.5 Å². The van der Waals surface area contributed by atoms with Crippen LogP contribution in [0.4, 0.5) is 0 Å². The molecule has 0 spiro atoms. The molecule has 0 saturated carbocycles. The maximum atomic E-state index is 11.8. The maximum absolute atomic E-state index is 11.8. The van der Waals surface area contributed by atoms with Crippen molar-refractivity contribution in [2.75, 3.05) is 7.11 Å². The molecule has 0 fully saturated rings. The SMILES string of the molecule is COc1cccc(OC(=O)CCC(=O)Oc2ccc(Cl)c(C)c2)c1. The first-order valence-electron chi connectivity index (χ1n) is 7.29. The summed E-state index contributed by atoms with van der Waals surface area (Å²) in [6.45, 7) is 1.81. The van der Waals surface area contributed by atoms with E-state index < -0.39 is 11.9 Å². The average molecular weight is 349 g/mol. The van der Waals surface area contributed by atoms with E-state index in [9.17, 15) is 9.59 Å². The van der Waals surface area contributed by atoms with Crippen LogP contribution in [-0.2, 0) is 9.59 Å². The van der Waals surface area contributed by atoms with Gasteiger partial charge in [-0.3, -0.25) is 9.59 Å². The number of aryl methyl sites for hydroxylation is 1. The molecule has 6 heteroatoms. The highest BCUT2D eigenvalue weighted by Crippen LogP contribution is 2.22. The fourth-order valence-electron chi connectivity index (χ4n) is 1.91. The summed E-state index contributed by atoms with van der Waals surface area (Å²) in [4.78, 5) is 23.6. The number of carbonyl (C=O) groups is 2. The standard InChI is InChI=1S/C18H17ClO5/c1-12-10-15(6-7-16(12)19)24-18(21)9-8-17(20)23-14-5-3-4-13(11-14)22-2/h3-7,10-11H,8-9H2,1-2H3. The first-order valence-corrected chi connectivity index (χ1v) is 7.67. The largest absolute Gasteiger partial charge is 0.497 e. The second-order valence-corrected chi connectivity index (χ2v) is 5.45. The molecule has 0 saturated heterocycles. The third kappa shape index (κ3) is 5.28. The van der Waals surface area contributed by atoms with Gasteiger partial charge in [0.2, 0.25) is 0 Å². The van der Waals surface area contributed by atoms with Gasteiger partial charge in [-0.2, -0.15) is 0 Å². The highest BCUT2D eigenvalue weighted by atomic mass is 35.5. The molecule has 0 aliphatic heterocycles. The predicted molar refractivity (Wildman–Crippen MR) is 89.7 cm³/mol. The second-order valence-electron chi connectivity index (χ2n) is 5.04. The summed E-state index contributed by atoms with van der Waals surface area (Å²) >= 11 is 5.91. The van der Waals surface area contributed by atoms with Crippen LogP contribution in [0.3, 0.4) is 0 Å². The van der Waals surface area contributed by atoms with E-state index in [1.807, 2.05) is 6.92 Å². The molecule has 0 heterocycles. The zero-order valence-corrected chi connectivity index (χ0v) is 14.1. The Morgan fingerprint density at radius 1 is 0.917 bits per heavy atom. The van der Waals surface area contributed by atoms with Crippen LogP contribution in [0, 0.1) is 6.92 Å². The van der Waals surface area contributed by atoms with Crippen molar-refractivity contribution in [2.24, 2.45) is 0 Å². The van der Waals surface area contributed by atoms with E-state index >= 15 is 0 Å². The van der Waals surface area contributed by atoms with E-state index in [4.69, 9.17) is 25.8 Å². The molecular formula is C18H17ClO5. The molecule has 126 valence electrons. The zero-order chi connectivity index (χ0) is 17.5. The van der Waals surface area contributed by atoms with E-state index in [-0.39, 0.29) is 12.8 Å². The van der Waals surface area contributed by atoms with Crippen molar-refractivity contribution in [1.29, 1.82) is 0 Å². The van der Waals surface area contributed by atoms with Gasteiger partial charge in [-0.15, -0.1) is 0 Å². The van der Waals surface area contributed by atoms with Gasteiger partial charge in [0, 0.05) is 11.1 Å². The van der Waals surface area contributed by atoms with Crippen LogP contribution in [-0.4, -0.2) is 19.0 Å². The molecule has 5 nitrogen and oxygen atoms in total. The third-order valence-corrected chi connectivity index (χ3v) is 3.59. The molecule has 0 N–H and O–H groups in total. The van der Waals surface area contributed by atoms with Crippen molar-refractivity contribution >= 4 is 23.5 Å². The van der Waals surface area contributed by atoms with E-state index in [0.29, 0.717) is 22.3 Å². The normalized spacial score (nSPS) is 10.1. The second kappa shape index (κ2) is 8.36. The number of hydrogen-bond donors (Lipinski definition) is 0. The van der Waals surface area contributed by atoms with E-state index in [0.717, 1.165) is 5.56 Å². The van der Waals surface area contributed by atoms with Gasteiger partial charge in [0.1, 0.15) is 17.2 Å². The van der Waals surface area contributed by atoms with Crippen molar-refractivity contribution in [3.8, 4) is 17.2 Å². The number of carbonyl (C=O) groups excluding carboxylic acids is 2. The summed E-state index contributed by atoms with van der Waals surface area (Å²) in [5.41, 5.74) is 0.805. The fourth-order valence-corrected chi connectivity index (χ4v) is 2.03. The molecular weight excluding hydrogens is 332 g/mol. The highest BCUT2D eigenvalue weighted by molar-refractivity contribution is 6.31. The van der Waals surface area contributed by atoms with Crippen molar-refractivity contribution in [3.63, 3.8) is 0 Å². The molecule has 2 aromatic carbocycles. The first kappa shape index (κ1) is 17.8. The summed E-state index contributed by atoms with van der Waals surface area (Å²) in [6, 6.07) is 11.6. The molecule has 0 aromatic heterocycles. The molecule has 0 aliphatic carbocycles. The Hall–Kier alpha value is -2.53. The Bertz CT molecular complexity index is 742. The molecule has 24 heavy (non-hydrogen) atoms. The van der Waals surface area contributed by atoms with E-state index in [1.165, 1.54) is 7.11 Å². The Morgan fingerprint density at radius 3 is 2.08 bits per heavy atom. The number of methoxy groups -OCH3 is 1. The summed E-state index contributed by atoms with van der Waals surface area (Å²) in [5.74, 6) is 0.300. The van der Waals surface area contributed by atoms with Gasteiger partial charge in [-0.1, -0.05) is 17.7 Å². The smallest absolute Gasteiger partial charge is 0.311 e. The molecule has 0 bridgehead atoms. The van der Waals surface area contributed by atoms with E-state index in [2.05, 4.69) is 0 Å². The summed E-state index contributed by atoms with van der Waals surface area (Å²) in [6.07, 6.45) is -0.160. The highest BCUT2D eigenvalue weighted by Gasteiger charge is 2.12. The topological polar surface area (TPSA) is 61.8 Å². The van der Waals surface area contributed by atoms with Crippen LogP contribution in [0.5, 0.6) is 17.2 Å². The van der Waals surface area contributed by atoms with Crippen LogP contribution in [0.25, 0.3) is 0 Å².